The summed E-state index contributed by atoms with van der Waals surface area (Å²) < 4.78 is 10.6. The number of urea groups is 1. The fraction of sp³-hybridized carbons (Fsp3) is 0.385. The molecule has 1 fully saturated rings. The molecule has 0 aliphatic carbocycles. The van der Waals surface area contributed by atoms with Gasteiger partial charge in [0.1, 0.15) is 0 Å². The van der Waals surface area contributed by atoms with Crippen LogP contribution in [0.3, 0.4) is 0 Å². The molecule has 1 aliphatic heterocycles. The molecule has 1 atom stereocenters. The number of nitrogens with one attached hydrogen (secondary N) is 2. The van der Waals surface area contributed by atoms with E-state index in [9.17, 15) is 9.59 Å². The summed E-state index contributed by atoms with van der Waals surface area (Å²) in [6.07, 6.45) is -0.190. The van der Waals surface area contributed by atoms with E-state index in [2.05, 4.69) is 10.6 Å². The number of rotatable bonds is 4. The molecule has 1 unspecified atom stereocenters. The van der Waals surface area contributed by atoms with Crippen molar-refractivity contribution in [2.45, 2.75) is 6.10 Å². The zero-order valence-electron chi connectivity index (χ0n) is 11.1. The average molecular weight is 315 g/mol. The van der Waals surface area contributed by atoms with Gasteiger partial charge in [0.2, 0.25) is 0 Å². The van der Waals surface area contributed by atoms with Gasteiger partial charge in [0.25, 0.3) is 0 Å². The van der Waals surface area contributed by atoms with Crippen LogP contribution >= 0.6 is 11.6 Å². The largest absolute Gasteiger partial charge is 0.478 e. The van der Waals surface area contributed by atoms with E-state index in [-0.39, 0.29) is 22.4 Å². The van der Waals surface area contributed by atoms with Gasteiger partial charge in [-0.2, -0.15) is 0 Å². The van der Waals surface area contributed by atoms with E-state index in [1.807, 2.05) is 0 Å². The summed E-state index contributed by atoms with van der Waals surface area (Å²) in [5.41, 5.74) is 0.272. The lowest BCUT2D eigenvalue weighted by molar-refractivity contribution is -0.0852. The number of carboxylic acids is 1. The molecule has 7 nitrogen and oxygen atoms in total. The van der Waals surface area contributed by atoms with Crippen LogP contribution in [0.2, 0.25) is 5.02 Å². The summed E-state index contributed by atoms with van der Waals surface area (Å²) in [6.45, 7) is 1.78. The van der Waals surface area contributed by atoms with Gasteiger partial charge in [-0.25, -0.2) is 9.59 Å². The van der Waals surface area contributed by atoms with Crippen molar-refractivity contribution in [3.63, 3.8) is 0 Å². The highest BCUT2D eigenvalue weighted by Crippen LogP contribution is 2.23. The minimum atomic E-state index is -1.09. The number of carbonyl (C=O) groups excluding carboxylic acids is 1. The van der Waals surface area contributed by atoms with E-state index in [1.54, 1.807) is 0 Å². The minimum Gasteiger partial charge on any atom is -0.478 e. The first-order chi connectivity index (χ1) is 10.1. The Bertz CT molecular complexity index is 531. The van der Waals surface area contributed by atoms with Crippen molar-refractivity contribution in [1.82, 2.24) is 5.32 Å². The molecule has 8 heteroatoms. The maximum atomic E-state index is 11.8. The van der Waals surface area contributed by atoms with Crippen LogP contribution in [0.15, 0.2) is 18.2 Å². The molecule has 3 N–H and O–H groups in total. The number of amides is 2. The molecule has 0 aromatic heterocycles. The maximum absolute atomic E-state index is 11.8. The standard InChI is InChI=1S/C13H15ClN2O5/c14-10-2-1-8(12(17)18)5-11(10)16-13(19)15-6-9-7-20-3-4-21-9/h1-2,5,9H,3-4,6-7H2,(H,17,18)(H2,15,16,19). The Morgan fingerprint density at radius 3 is 2.86 bits per heavy atom. The molecule has 1 aromatic carbocycles. The van der Waals surface area contributed by atoms with Gasteiger partial charge in [0.05, 0.1) is 42.2 Å². The zero-order chi connectivity index (χ0) is 15.2. The monoisotopic (exact) mass is 314 g/mol. The first kappa shape index (κ1) is 15.6. The molecule has 0 bridgehead atoms. The van der Waals surface area contributed by atoms with Crippen molar-refractivity contribution in [3.05, 3.63) is 28.8 Å². The summed E-state index contributed by atoms with van der Waals surface area (Å²) in [5.74, 6) is -1.09. The lowest BCUT2D eigenvalue weighted by Crippen LogP contribution is -2.41. The summed E-state index contributed by atoms with van der Waals surface area (Å²) in [6, 6.07) is 3.58. The van der Waals surface area contributed by atoms with Crippen molar-refractivity contribution in [2.75, 3.05) is 31.7 Å². The van der Waals surface area contributed by atoms with Gasteiger partial charge in [0.15, 0.2) is 0 Å². The number of benzene rings is 1. The molecular formula is C13H15ClN2O5. The lowest BCUT2D eigenvalue weighted by Gasteiger charge is -2.23. The molecule has 1 aromatic rings. The fourth-order valence-electron chi connectivity index (χ4n) is 1.78. The SMILES string of the molecule is O=C(NCC1COCCO1)Nc1cc(C(=O)O)ccc1Cl. The molecule has 0 spiro atoms. The van der Waals surface area contributed by atoms with E-state index in [1.165, 1.54) is 18.2 Å². The Hall–Kier alpha value is -1.83. The van der Waals surface area contributed by atoms with E-state index >= 15 is 0 Å². The predicted octanol–water partition coefficient (Wildman–Crippen LogP) is 1.58. The minimum absolute atomic E-state index is 0.0405. The number of carboxylic acid groups (broad SMARTS) is 1. The van der Waals surface area contributed by atoms with Crippen LogP contribution in [-0.4, -0.2) is 49.6 Å². The third-order valence-electron chi connectivity index (χ3n) is 2.84. The van der Waals surface area contributed by atoms with Crippen LogP contribution in [-0.2, 0) is 9.47 Å². The van der Waals surface area contributed by atoms with E-state index in [4.69, 9.17) is 26.2 Å². The van der Waals surface area contributed by atoms with Gasteiger partial charge >= 0.3 is 12.0 Å². The van der Waals surface area contributed by atoms with E-state index in [0.717, 1.165) is 0 Å². The summed E-state index contributed by atoms with van der Waals surface area (Å²) in [7, 11) is 0. The second-order valence-corrected chi connectivity index (χ2v) is 4.81. The number of hydrogen-bond donors (Lipinski definition) is 3. The molecule has 2 amide bonds. The van der Waals surface area contributed by atoms with Crippen molar-refractivity contribution in [3.8, 4) is 0 Å². The van der Waals surface area contributed by atoms with Crippen LogP contribution < -0.4 is 10.6 Å². The molecule has 2 rings (SSSR count). The number of halogens is 1. The van der Waals surface area contributed by atoms with Crippen molar-refractivity contribution in [1.29, 1.82) is 0 Å². The molecule has 21 heavy (non-hydrogen) atoms. The highest BCUT2D eigenvalue weighted by atomic mass is 35.5. The fourth-order valence-corrected chi connectivity index (χ4v) is 1.95. The Labute approximate surface area is 126 Å². The number of anilines is 1. The van der Waals surface area contributed by atoms with Crippen LogP contribution in [0, 0.1) is 0 Å². The highest BCUT2D eigenvalue weighted by Gasteiger charge is 2.16. The molecule has 0 radical (unpaired) electrons. The number of carbonyl (C=O) groups is 2. The summed E-state index contributed by atoms with van der Waals surface area (Å²) in [4.78, 5) is 22.6. The van der Waals surface area contributed by atoms with Gasteiger partial charge in [-0.3, -0.25) is 0 Å². The lowest BCUT2D eigenvalue weighted by atomic mass is 10.2. The summed E-state index contributed by atoms with van der Waals surface area (Å²) >= 11 is 5.91. The first-order valence-electron chi connectivity index (χ1n) is 6.33. The molecule has 0 saturated carbocycles. The van der Waals surface area contributed by atoms with Crippen molar-refractivity contribution >= 4 is 29.3 Å². The topological polar surface area (TPSA) is 96.9 Å². The Morgan fingerprint density at radius 2 is 2.19 bits per heavy atom. The van der Waals surface area contributed by atoms with Crippen LogP contribution in [0.4, 0.5) is 10.5 Å². The maximum Gasteiger partial charge on any atom is 0.335 e. The Kier molecular flexibility index (Phi) is 5.38. The molecule has 1 aliphatic rings. The number of hydrogen-bond acceptors (Lipinski definition) is 4. The van der Waals surface area contributed by atoms with Crippen LogP contribution in [0.1, 0.15) is 10.4 Å². The van der Waals surface area contributed by atoms with Gasteiger partial charge in [-0.15, -0.1) is 0 Å². The van der Waals surface area contributed by atoms with Crippen LogP contribution in [0.5, 0.6) is 0 Å². The first-order valence-corrected chi connectivity index (χ1v) is 6.71. The van der Waals surface area contributed by atoms with E-state index < -0.39 is 12.0 Å². The highest BCUT2D eigenvalue weighted by molar-refractivity contribution is 6.33. The number of ether oxygens (including phenoxy) is 2. The number of aromatic carboxylic acids is 1. The van der Waals surface area contributed by atoms with Crippen molar-refractivity contribution in [2.24, 2.45) is 0 Å². The molecular weight excluding hydrogens is 300 g/mol. The molecule has 1 saturated heterocycles. The van der Waals surface area contributed by atoms with Crippen LogP contribution in [0.25, 0.3) is 0 Å². The zero-order valence-corrected chi connectivity index (χ0v) is 11.9. The molecule has 1 heterocycles. The van der Waals surface area contributed by atoms with Gasteiger partial charge in [0, 0.05) is 6.54 Å². The van der Waals surface area contributed by atoms with Gasteiger partial charge < -0.3 is 25.2 Å². The van der Waals surface area contributed by atoms with Crippen molar-refractivity contribution < 1.29 is 24.2 Å². The third kappa shape index (κ3) is 4.59. The summed E-state index contributed by atoms with van der Waals surface area (Å²) in [5, 5.41) is 14.3. The van der Waals surface area contributed by atoms with Gasteiger partial charge in [-0.05, 0) is 18.2 Å². The smallest absolute Gasteiger partial charge is 0.335 e. The van der Waals surface area contributed by atoms with Gasteiger partial charge in [-0.1, -0.05) is 11.6 Å². The van der Waals surface area contributed by atoms with E-state index in [0.29, 0.717) is 26.4 Å². The quantitative estimate of drug-likeness (QED) is 0.784. The Balaban J connectivity index is 1.89. The predicted molar refractivity (Wildman–Crippen MR) is 76.0 cm³/mol. The molecule has 114 valence electrons. The average Bonchev–Trinajstić information content (AvgIpc) is 2.48. The third-order valence-corrected chi connectivity index (χ3v) is 3.17. The Morgan fingerprint density at radius 1 is 1.38 bits per heavy atom. The second kappa shape index (κ2) is 7.26. The normalized spacial score (nSPS) is 18.0. The second-order valence-electron chi connectivity index (χ2n) is 4.40.